The maximum absolute atomic E-state index is 5.89. The van der Waals surface area contributed by atoms with Crippen LogP contribution in [0.1, 0.15) is 45.1 Å². The lowest BCUT2D eigenvalue weighted by Crippen LogP contribution is -2.40. The normalized spacial score (nSPS) is 27.0. The molecule has 0 amide bonds. The molecular weight excluding hydrogens is 248 g/mol. The molecule has 0 unspecified atom stereocenters. The molecule has 0 aromatic heterocycles. The van der Waals surface area contributed by atoms with Gasteiger partial charge in [-0.05, 0) is 24.5 Å². The molecule has 0 atom stereocenters. The fourth-order valence-corrected chi connectivity index (χ4v) is 2.55. The van der Waals surface area contributed by atoms with Gasteiger partial charge in [0.05, 0.1) is 13.2 Å². The summed E-state index contributed by atoms with van der Waals surface area (Å²) in [6.07, 6.45) is 8.70. The van der Waals surface area contributed by atoms with E-state index >= 15 is 0 Å². The molecule has 0 bridgehead atoms. The summed E-state index contributed by atoms with van der Waals surface area (Å²) in [4.78, 5) is 0. The molecule has 0 N–H and O–H groups in total. The Kier molecular flexibility index (Phi) is 5.81. The molecule has 0 radical (unpaired) electrons. The van der Waals surface area contributed by atoms with E-state index in [0.717, 1.165) is 19.6 Å². The summed E-state index contributed by atoms with van der Waals surface area (Å²) >= 11 is 0. The lowest BCUT2D eigenvalue weighted by atomic mass is 9.81. The maximum atomic E-state index is 5.89. The highest BCUT2D eigenvalue weighted by Crippen LogP contribution is 2.34. The van der Waals surface area contributed by atoms with Gasteiger partial charge in [-0.3, -0.25) is 0 Å². The van der Waals surface area contributed by atoms with Crippen molar-refractivity contribution >= 4 is 6.08 Å². The van der Waals surface area contributed by atoms with Crippen LogP contribution in [0.15, 0.2) is 36.4 Å². The molecular formula is C18H26O2. The zero-order valence-electron chi connectivity index (χ0n) is 12.7. The van der Waals surface area contributed by atoms with E-state index < -0.39 is 0 Å². The van der Waals surface area contributed by atoms with Gasteiger partial charge >= 0.3 is 0 Å². The summed E-state index contributed by atoms with van der Waals surface area (Å²) in [5.74, 6) is 0. The number of benzene rings is 1. The van der Waals surface area contributed by atoms with Gasteiger partial charge in [-0.15, -0.1) is 0 Å². The molecule has 1 aromatic carbocycles. The van der Waals surface area contributed by atoms with Crippen LogP contribution in [-0.2, 0) is 9.47 Å². The number of hydrogen-bond acceptors (Lipinski definition) is 2. The van der Waals surface area contributed by atoms with Crippen molar-refractivity contribution in [1.82, 2.24) is 0 Å². The molecule has 1 aliphatic rings. The second-order valence-electron chi connectivity index (χ2n) is 5.72. The average Bonchev–Trinajstić information content (AvgIpc) is 2.53. The molecule has 2 rings (SSSR count). The van der Waals surface area contributed by atoms with Gasteiger partial charge in [-0.25, -0.2) is 0 Å². The van der Waals surface area contributed by atoms with Crippen LogP contribution in [0.25, 0.3) is 6.08 Å². The highest BCUT2D eigenvalue weighted by atomic mass is 16.7. The van der Waals surface area contributed by atoms with E-state index in [1.165, 1.54) is 24.8 Å². The Bertz CT molecular complexity index is 403. The highest BCUT2D eigenvalue weighted by Gasteiger charge is 2.34. The molecule has 1 saturated heterocycles. The van der Waals surface area contributed by atoms with Crippen LogP contribution in [0.4, 0.5) is 0 Å². The Balaban J connectivity index is 1.86. The van der Waals surface area contributed by atoms with E-state index in [4.69, 9.17) is 9.47 Å². The van der Waals surface area contributed by atoms with E-state index in [1.807, 2.05) is 24.3 Å². The van der Waals surface area contributed by atoms with Crippen LogP contribution in [0.5, 0.6) is 0 Å². The van der Waals surface area contributed by atoms with Gasteiger partial charge in [0.25, 0.3) is 0 Å². The number of unbranched alkanes of at least 4 members (excludes halogenated alkanes) is 1. The van der Waals surface area contributed by atoms with E-state index in [1.54, 1.807) is 0 Å². The monoisotopic (exact) mass is 274 g/mol. The van der Waals surface area contributed by atoms with Gasteiger partial charge in [0.1, 0.15) is 0 Å². The molecule has 1 aromatic rings. The van der Waals surface area contributed by atoms with Gasteiger partial charge < -0.3 is 9.47 Å². The SMILES string of the molecule is CCCCC1(CC)COC(/C=C/c2ccccc2)OC1. The zero-order valence-corrected chi connectivity index (χ0v) is 12.7. The van der Waals surface area contributed by atoms with Crippen molar-refractivity contribution in [3.8, 4) is 0 Å². The van der Waals surface area contributed by atoms with Crippen LogP contribution < -0.4 is 0 Å². The van der Waals surface area contributed by atoms with Crippen molar-refractivity contribution in [1.29, 1.82) is 0 Å². The minimum Gasteiger partial charge on any atom is -0.348 e. The molecule has 1 fully saturated rings. The number of ether oxygens (including phenoxy) is 2. The molecule has 110 valence electrons. The van der Waals surface area contributed by atoms with E-state index in [-0.39, 0.29) is 11.7 Å². The second-order valence-corrected chi connectivity index (χ2v) is 5.72. The van der Waals surface area contributed by atoms with Gasteiger partial charge in [-0.2, -0.15) is 0 Å². The Labute approximate surface area is 122 Å². The molecule has 20 heavy (non-hydrogen) atoms. The van der Waals surface area contributed by atoms with E-state index in [9.17, 15) is 0 Å². The van der Waals surface area contributed by atoms with E-state index in [0.29, 0.717) is 0 Å². The highest BCUT2D eigenvalue weighted by molar-refractivity contribution is 5.48. The molecule has 2 heteroatoms. The fraction of sp³-hybridized carbons (Fsp3) is 0.556. The Morgan fingerprint density at radius 3 is 2.45 bits per heavy atom. The number of hydrogen-bond donors (Lipinski definition) is 0. The summed E-state index contributed by atoms with van der Waals surface area (Å²) < 4.78 is 11.8. The first-order valence-corrected chi connectivity index (χ1v) is 7.74. The average molecular weight is 274 g/mol. The number of rotatable bonds is 6. The summed E-state index contributed by atoms with van der Waals surface area (Å²) in [6.45, 7) is 6.10. The van der Waals surface area contributed by atoms with Crippen LogP contribution in [0.2, 0.25) is 0 Å². The first kappa shape index (κ1) is 15.3. The lowest BCUT2D eigenvalue weighted by Gasteiger charge is -2.38. The Morgan fingerprint density at radius 2 is 1.85 bits per heavy atom. The molecule has 0 spiro atoms. The summed E-state index contributed by atoms with van der Waals surface area (Å²) in [5.41, 5.74) is 1.41. The van der Waals surface area contributed by atoms with Crippen molar-refractivity contribution in [2.45, 2.75) is 45.8 Å². The van der Waals surface area contributed by atoms with Crippen LogP contribution in [0.3, 0.4) is 0 Å². The molecule has 0 saturated carbocycles. The van der Waals surface area contributed by atoms with Crippen molar-refractivity contribution < 1.29 is 9.47 Å². The van der Waals surface area contributed by atoms with Crippen LogP contribution >= 0.6 is 0 Å². The smallest absolute Gasteiger partial charge is 0.177 e. The Hall–Kier alpha value is -1.12. The maximum Gasteiger partial charge on any atom is 0.177 e. The zero-order chi connectivity index (χ0) is 14.3. The summed E-state index contributed by atoms with van der Waals surface area (Å²) in [6, 6.07) is 10.3. The quantitative estimate of drug-likeness (QED) is 0.751. The molecule has 2 nitrogen and oxygen atoms in total. The van der Waals surface area contributed by atoms with Crippen molar-refractivity contribution in [2.75, 3.05) is 13.2 Å². The van der Waals surface area contributed by atoms with E-state index in [2.05, 4.69) is 32.1 Å². The largest absolute Gasteiger partial charge is 0.348 e. The van der Waals surface area contributed by atoms with Crippen molar-refractivity contribution in [3.05, 3.63) is 42.0 Å². The third-order valence-electron chi connectivity index (χ3n) is 4.16. The summed E-state index contributed by atoms with van der Waals surface area (Å²) in [5, 5.41) is 0. The molecule has 1 heterocycles. The minimum atomic E-state index is -0.198. The third kappa shape index (κ3) is 4.19. The van der Waals surface area contributed by atoms with Crippen molar-refractivity contribution in [2.24, 2.45) is 5.41 Å². The topological polar surface area (TPSA) is 18.5 Å². The molecule has 1 aliphatic heterocycles. The van der Waals surface area contributed by atoms with Gasteiger partial charge in [-0.1, -0.05) is 63.1 Å². The first-order valence-electron chi connectivity index (χ1n) is 7.74. The first-order chi connectivity index (χ1) is 9.78. The lowest BCUT2D eigenvalue weighted by molar-refractivity contribution is -0.209. The van der Waals surface area contributed by atoms with Gasteiger partial charge in [0, 0.05) is 5.41 Å². The van der Waals surface area contributed by atoms with Crippen LogP contribution in [-0.4, -0.2) is 19.5 Å². The standard InChI is InChI=1S/C18H26O2/c1-3-5-13-18(4-2)14-19-17(20-15-18)12-11-16-9-7-6-8-10-16/h6-12,17H,3-5,13-15H2,1-2H3/b12-11+. The van der Waals surface area contributed by atoms with Gasteiger partial charge in [0.15, 0.2) is 6.29 Å². The minimum absolute atomic E-state index is 0.198. The predicted octanol–water partition coefficient (Wildman–Crippen LogP) is 4.66. The van der Waals surface area contributed by atoms with Crippen LogP contribution in [0, 0.1) is 5.41 Å². The van der Waals surface area contributed by atoms with Crippen molar-refractivity contribution in [3.63, 3.8) is 0 Å². The molecule has 0 aliphatic carbocycles. The fourth-order valence-electron chi connectivity index (χ4n) is 2.55. The van der Waals surface area contributed by atoms with Gasteiger partial charge in [0.2, 0.25) is 0 Å². The summed E-state index contributed by atoms with van der Waals surface area (Å²) in [7, 11) is 0. The predicted molar refractivity (Wildman–Crippen MR) is 83.4 cm³/mol. The third-order valence-corrected chi connectivity index (χ3v) is 4.16. The second kappa shape index (κ2) is 7.61. The Morgan fingerprint density at radius 1 is 1.15 bits per heavy atom.